The number of amides is 1. The minimum absolute atomic E-state index is 0.0328. The summed E-state index contributed by atoms with van der Waals surface area (Å²) >= 11 is 0. The second-order valence-corrected chi connectivity index (χ2v) is 4.77. The summed E-state index contributed by atoms with van der Waals surface area (Å²) in [4.78, 5) is 11.3. The first-order valence-corrected chi connectivity index (χ1v) is 7.43. The van der Waals surface area contributed by atoms with Crippen LogP contribution in [-0.2, 0) is 9.53 Å². The van der Waals surface area contributed by atoms with Crippen LogP contribution < -0.4 is 10.6 Å². The molecule has 0 aliphatic rings. The third-order valence-corrected chi connectivity index (χ3v) is 2.69. The lowest BCUT2D eigenvalue weighted by Crippen LogP contribution is -2.38. The monoisotopic (exact) mass is 274 g/mol. The third-order valence-electron chi connectivity index (χ3n) is 2.69. The van der Waals surface area contributed by atoms with Crippen molar-refractivity contribution in [3.63, 3.8) is 0 Å². The van der Waals surface area contributed by atoms with Gasteiger partial charge in [0.25, 0.3) is 0 Å². The van der Waals surface area contributed by atoms with Gasteiger partial charge in [0.15, 0.2) is 0 Å². The zero-order chi connectivity index (χ0) is 14.3. The Labute approximate surface area is 117 Å². The fraction of sp³-hybridized carbons (Fsp3) is 0.929. The van der Waals surface area contributed by atoms with E-state index in [0.29, 0.717) is 26.3 Å². The van der Waals surface area contributed by atoms with Gasteiger partial charge in [-0.05, 0) is 12.8 Å². The first-order chi connectivity index (χ1) is 9.20. The van der Waals surface area contributed by atoms with E-state index in [0.717, 1.165) is 12.8 Å². The number of rotatable bonds is 13. The number of hydrogen-bond acceptors (Lipinski definition) is 4. The molecular formula is C14H30N2O3. The first kappa shape index (κ1) is 18.4. The van der Waals surface area contributed by atoms with E-state index in [-0.39, 0.29) is 12.5 Å². The van der Waals surface area contributed by atoms with Gasteiger partial charge >= 0.3 is 0 Å². The summed E-state index contributed by atoms with van der Waals surface area (Å²) in [7, 11) is 0. The SMILES string of the molecule is CCCCCCOCC(O)CNCC(=O)NCCC. The van der Waals surface area contributed by atoms with E-state index in [1.807, 2.05) is 6.92 Å². The Balaban J connectivity index is 3.29. The number of hydrogen-bond donors (Lipinski definition) is 3. The summed E-state index contributed by atoms with van der Waals surface area (Å²) in [6, 6.07) is 0. The van der Waals surface area contributed by atoms with Crippen molar-refractivity contribution < 1.29 is 14.6 Å². The number of unbranched alkanes of at least 4 members (excludes halogenated alkanes) is 3. The lowest BCUT2D eigenvalue weighted by atomic mass is 10.2. The Kier molecular flexibility index (Phi) is 13.3. The molecule has 5 heteroatoms. The number of carbonyl (C=O) groups excluding carboxylic acids is 1. The summed E-state index contributed by atoms with van der Waals surface area (Å²) in [5.74, 6) is -0.0328. The zero-order valence-electron chi connectivity index (χ0n) is 12.4. The minimum atomic E-state index is -0.551. The molecule has 0 aliphatic heterocycles. The highest BCUT2D eigenvalue weighted by Gasteiger charge is 2.05. The van der Waals surface area contributed by atoms with Gasteiger partial charge in [-0.3, -0.25) is 4.79 Å². The lowest BCUT2D eigenvalue weighted by Gasteiger charge is -2.12. The lowest BCUT2D eigenvalue weighted by molar-refractivity contribution is -0.120. The van der Waals surface area contributed by atoms with E-state index >= 15 is 0 Å². The van der Waals surface area contributed by atoms with Crippen molar-refractivity contribution in [1.29, 1.82) is 0 Å². The number of aliphatic hydroxyl groups is 1. The van der Waals surface area contributed by atoms with Crippen molar-refractivity contribution in [3.8, 4) is 0 Å². The molecule has 0 radical (unpaired) electrons. The maximum atomic E-state index is 11.3. The van der Waals surface area contributed by atoms with Crippen LogP contribution in [0.1, 0.15) is 46.0 Å². The minimum Gasteiger partial charge on any atom is -0.389 e. The van der Waals surface area contributed by atoms with Gasteiger partial charge in [-0.2, -0.15) is 0 Å². The maximum absolute atomic E-state index is 11.3. The molecule has 0 heterocycles. The molecule has 3 N–H and O–H groups in total. The van der Waals surface area contributed by atoms with Crippen molar-refractivity contribution in [2.45, 2.75) is 52.1 Å². The van der Waals surface area contributed by atoms with Crippen molar-refractivity contribution in [2.75, 3.05) is 32.8 Å². The van der Waals surface area contributed by atoms with Crippen LogP contribution in [0.5, 0.6) is 0 Å². The van der Waals surface area contributed by atoms with Gasteiger partial charge in [-0.15, -0.1) is 0 Å². The fourth-order valence-electron chi connectivity index (χ4n) is 1.59. The highest BCUT2D eigenvalue weighted by Crippen LogP contribution is 1.99. The van der Waals surface area contributed by atoms with E-state index in [9.17, 15) is 9.90 Å². The van der Waals surface area contributed by atoms with Crippen LogP contribution in [0.15, 0.2) is 0 Å². The summed E-state index contributed by atoms with van der Waals surface area (Å²) in [5, 5.41) is 15.3. The molecule has 19 heavy (non-hydrogen) atoms. The van der Waals surface area contributed by atoms with Crippen molar-refractivity contribution in [1.82, 2.24) is 10.6 Å². The second kappa shape index (κ2) is 13.8. The van der Waals surface area contributed by atoms with Crippen LogP contribution in [0.2, 0.25) is 0 Å². The molecular weight excluding hydrogens is 244 g/mol. The van der Waals surface area contributed by atoms with Gasteiger partial charge in [-0.1, -0.05) is 33.1 Å². The molecule has 1 unspecified atom stereocenters. The van der Waals surface area contributed by atoms with E-state index < -0.39 is 6.10 Å². The second-order valence-electron chi connectivity index (χ2n) is 4.77. The van der Waals surface area contributed by atoms with Crippen LogP contribution in [0, 0.1) is 0 Å². The molecule has 0 bridgehead atoms. The summed E-state index contributed by atoms with van der Waals surface area (Å²) in [6.07, 6.45) is 5.06. The van der Waals surface area contributed by atoms with Gasteiger partial charge in [0.2, 0.25) is 5.91 Å². The Morgan fingerprint density at radius 2 is 2.00 bits per heavy atom. The molecule has 0 saturated carbocycles. The number of carbonyl (C=O) groups is 1. The number of nitrogens with one attached hydrogen (secondary N) is 2. The number of ether oxygens (including phenoxy) is 1. The zero-order valence-corrected chi connectivity index (χ0v) is 12.4. The Bertz CT molecular complexity index is 213. The third kappa shape index (κ3) is 13.6. The summed E-state index contributed by atoms with van der Waals surface area (Å²) < 4.78 is 5.37. The number of aliphatic hydroxyl groups excluding tert-OH is 1. The van der Waals surface area contributed by atoms with Crippen molar-refractivity contribution in [3.05, 3.63) is 0 Å². The van der Waals surface area contributed by atoms with Crippen molar-refractivity contribution >= 4 is 5.91 Å². The average Bonchev–Trinajstić information content (AvgIpc) is 2.40. The molecule has 0 spiro atoms. The highest BCUT2D eigenvalue weighted by atomic mass is 16.5. The van der Waals surface area contributed by atoms with E-state index in [1.165, 1.54) is 19.3 Å². The molecule has 0 rings (SSSR count). The molecule has 0 aromatic carbocycles. The molecule has 0 aromatic heterocycles. The quantitative estimate of drug-likeness (QED) is 0.439. The topological polar surface area (TPSA) is 70.6 Å². The normalized spacial score (nSPS) is 12.4. The van der Waals surface area contributed by atoms with Gasteiger partial charge in [0, 0.05) is 19.7 Å². The molecule has 0 saturated heterocycles. The standard InChI is InChI=1S/C14H30N2O3/c1-3-5-6-7-9-19-12-13(17)10-15-11-14(18)16-8-4-2/h13,15,17H,3-12H2,1-2H3,(H,16,18). The molecule has 114 valence electrons. The molecule has 5 nitrogen and oxygen atoms in total. The maximum Gasteiger partial charge on any atom is 0.233 e. The van der Waals surface area contributed by atoms with Gasteiger partial charge in [-0.25, -0.2) is 0 Å². The van der Waals surface area contributed by atoms with E-state index in [1.54, 1.807) is 0 Å². The van der Waals surface area contributed by atoms with Gasteiger partial charge < -0.3 is 20.5 Å². The predicted octanol–water partition coefficient (Wildman–Crippen LogP) is 1.06. The fourth-order valence-corrected chi connectivity index (χ4v) is 1.59. The van der Waals surface area contributed by atoms with Crippen LogP contribution in [-0.4, -0.2) is 50.0 Å². The highest BCUT2D eigenvalue weighted by molar-refractivity contribution is 5.77. The van der Waals surface area contributed by atoms with Gasteiger partial charge in [0.1, 0.15) is 0 Å². The largest absolute Gasteiger partial charge is 0.389 e. The summed E-state index contributed by atoms with van der Waals surface area (Å²) in [5.41, 5.74) is 0. The van der Waals surface area contributed by atoms with E-state index in [2.05, 4.69) is 17.6 Å². The molecule has 0 aromatic rings. The van der Waals surface area contributed by atoms with E-state index in [4.69, 9.17) is 4.74 Å². The Hall–Kier alpha value is -0.650. The molecule has 1 atom stereocenters. The first-order valence-electron chi connectivity index (χ1n) is 7.43. The van der Waals surface area contributed by atoms with Gasteiger partial charge in [0.05, 0.1) is 19.3 Å². The van der Waals surface area contributed by atoms with Crippen LogP contribution in [0.25, 0.3) is 0 Å². The average molecular weight is 274 g/mol. The molecule has 0 fully saturated rings. The molecule has 0 aliphatic carbocycles. The van der Waals surface area contributed by atoms with Crippen molar-refractivity contribution in [2.24, 2.45) is 0 Å². The summed E-state index contributed by atoms with van der Waals surface area (Å²) in [6.45, 7) is 6.54. The van der Waals surface area contributed by atoms with Crippen LogP contribution >= 0.6 is 0 Å². The van der Waals surface area contributed by atoms with Crippen LogP contribution in [0.3, 0.4) is 0 Å². The van der Waals surface area contributed by atoms with Crippen LogP contribution in [0.4, 0.5) is 0 Å². The predicted molar refractivity (Wildman–Crippen MR) is 77.1 cm³/mol. The Morgan fingerprint density at radius 1 is 1.21 bits per heavy atom. The smallest absolute Gasteiger partial charge is 0.233 e. The Morgan fingerprint density at radius 3 is 2.68 bits per heavy atom. The molecule has 1 amide bonds.